The van der Waals surface area contributed by atoms with Crippen molar-refractivity contribution in [3.8, 4) is 0 Å². The van der Waals surface area contributed by atoms with E-state index < -0.39 is 17.7 Å². The Balaban J connectivity index is 2.25. The Morgan fingerprint density at radius 2 is 1.85 bits per heavy atom. The Labute approximate surface area is 119 Å². The topological polar surface area (TPSA) is 37.3 Å². The molecule has 0 bridgehead atoms. The Morgan fingerprint density at radius 3 is 2.40 bits per heavy atom. The van der Waals surface area contributed by atoms with Crippen molar-refractivity contribution in [3.63, 3.8) is 0 Å². The summed E-state index contributed by atoms with van der Waals surface area (Å²) in [5.74, 6) is -1.31. The standard InChI is InChI=1S/C14H15F3O2S/c15-14(16,17)9-6-7-12(11(8-9)13(18)19)20-10-4-2-1-3-5-10/h6-8,10H,1-5H2,(H,18,19). The minimum absolute atomic E-state index is 0.254. The first kappa shape index (κ1) is 15.2. The van der Waals surface area contributed by atoms with Crippen molar-refractivity contribution in [2.45, 2.75) is 48.4 Å². The molecule has 0 aliphatic heterocycles. The summed E-state index contributed by atoms with van der Waals surface area (Å²) in [6.07, 6.45) is 0.838. The SMILES string of the molecule is O=C(O)c1cc(C(F)(F)F)ccc1SC1CCCCC1. The highest BCUT2D eigenvalue weighted by Gasteiger charge is 2.32. The van der Waals surface area contributed by atoms with Crippen molar-refractivity contribution < 1.29 is 23.1 Å². The van der Waals surface area contributed by atoms with Gasteiger partial charge in [0.25, 0.3) is 0 Å². The minimum Gasteiger partial charge on any atom is -0.478 e. The molecule has 1 saturated carbocycles. The Bertz CT molecular complexity index is 494. The summed E-state index contributed by atoms with van der Waals surface area (Å²) in [4.78, 5) is 11.6. The number of rotatable bonds is 3. The normalized spacial score (nSPS) is 17.1. The van der Waals surface area contributed by atoms with Crippen molar-refractivity contribution in [1.82, 2.24) is 0 Å². The number of carboxylic acids is 1. The molecule has 1 aliphatic rings. The quantitative estimate of drug-likeness (QED) is 0.869. The van der Waals surface area contributed by atoms with E-state index >= 15 is 0 Å². The van der Waals surface area contributed by atoms with Crippen LogP contribution in [0.15, 0.2) is 23.1 Å². The van der Waals surface area contributed by atoms with E-state index in [1.807, 2.05) is 0 Å². The van der Waals surface area contributed by atoms with E-state index in [0.29, 0.717) is 10.1 Å². The van der Waals surface area contributed by atoms with Gasteiger partial charge >= 0.3 is 12.1 Å². The maximum absolute atomic E-state index is 12.6. The molecule has 1 N–H and O–H groups in total. The van der Waals surface area contributed by atoms with Gasteiger partial charge in [-0.2, -0.15) is 13.2 Å². The average Bonchev–Trinajstić information content (AvgIpc) is 2.38. The van der Waals surface area contributed by atoms with Crippen LogP contribution in [-0.4, -0.2) is 16.3 Å². The van der Waals surface area contributed by atoms with Gasteiger partial charge in [-0.05, 0) is 31.0 Å². The van der Waals surface area contributed by atoms with Gasteiger partial charge in [0.2, 0.25) is 0 Å². The minimum atomic E-state index is -4.52. The van der Waals surface area contributed by atoms with Gasteiger partial charge in [-0.3, -0.25) is 0 Å². The molecule has 0 heterocycles. The molecule has 1 aliphatic carbocycles. The molecule has 1 aromatic carbocycles. The van der Waals surface area contributed by atoms with Gasteiger partial charge in [-0.1, -0.05) is 19.3 Å². The van der Waals surface area contributed by atoms with E-state index in [1.54, 1.807) is 0 Å². The first-order valence-corrected chi connectivity index (χ1v) is 7.37. The predicted octanol–water partition coefficient (Wildman–Crippen LogP) is 4.83. The summed E-state index contributed by atoms with van der Waals surface area (Å²) in [6, 6.07) is 2.97. The molecule has 2 nitrogen and oxygen atoms in total. The number of alkyl halides is 3. The van der Waals surface area contributed by atoms with Crippen LogP contribution in [0, 0.1) is 0 Å². The molecule has 0 saturated heterocycles. The number of aromatic carboxylic acids is 1. The lowest BCUT2D eigenvalue weighted by Gasteiger charge is -2.22. The van der Waals surface area contributed by atoms with E-state index in [0.717, 1.165) is 37.8 Å². The lowest BCUT2D eigenvalue weighted by Crippen LogP contribution is -2.11. The van der Waals surface area contributed by atoms with Crippen molar-refractivity contribution in [3.05, 3.63) is 29.3 Å². The lowest BCUT2D eigenvalue weighted by atomic mass is 10.0. The predicted molar refractivity (Wildman–Crippen MR) is 71.1 cm³/mol. The zero-order chi connectivity index (χ0) is 14.8. The number of thioether (sulfide) groups is 1. The van der Waals surface area contributed by atoms with Gasteiger partial charge in [0, 0.05) is 10.1 Å². The third-order valence-electron chi connectivity index (χ3n) is 3.38. The summed E-state index contributed by atoms with van der Waals surface area (Å²) in [7, 11) is 0. The van der Waals surface area contributed by atoms with Crippen molar-refractivity contribution in [2.24, 2.45) is 0 Å². The maximum Gasteiger partial charge on any atom is 0.416 e. The highest BCUT2D eigenvalue weighted by atomic mass is 32.2. The van der Waals surface area contributed by atoms with Crippen LogP contribution in [0.25, 0.3) is 0 Å². The Morgan fingerprint density at radius 1 is 1.20 bits per heavy atom. The van der Waals surface area contributed by atoms with E-state index in [9.17, 15) is 18.0 Å². The fourth-order valence-corrected chi connectivity index (χ4v) is 3.69. The molecule has 0 spiro atoms. The number of carbonyl (C=O) groups is 1. The molecule has 2 rings (SSSR count). The molecule has 0 unspecified atom stereocenters. The summed E-state index contributed by atoms with van der Waals surface area (Å²) < 4.78 is 37.9. The molecule has 0 atom stereocenters. The zero-order valence-corrected chi connectivity index (χ0v) is 11.6. The van der Waals surface area contributed by atoms with Crippen LogP contribution >= 0.6 is 11.8 Å². The van der Waals surface area contributed by atoms with Crippen LogP contribution in [0.3, 0.4) is 0 Å². The van der Waals surface area contributed by atoms with E-state index in [1.165, 1.54) is 24.2 Å². The summed E-state index contributed by atoms with van der Waals surface area (Å²) in [6.45, 7) is 0. The van der Waals surface area contributed by atoms with Crippen LogP contribution in [0.5, 0.6) is 0 Å². The number of carboxylic acid groups (broad SMARTS) is 1. The molecule has 0 radical (unpaired) electrons. The van der Waals surface area contributed by atoms with Crippen LogP contribution in [0.1, 0.15) is 48.0 Å². The summed E-state index contributed by atoms with van der Waals surface area (Å²) in [5, 5.41) is 9.41. The second-order valence-electron chi connectivity index (χ2n) is 4.89. The molecule has 1 aromatic rings. The lowest BCUT2D eigenvalue weighted by molar-refractivity contribution is -0.137. The molecular formula is C14H15F3O2S. The molecule has 6 heteroatoms. The summed E-state index contributed by atoms with van der Waals surface area (Å²) in [5.41, 5.74) is -1.17. The van der Waals surface area contributed by atoms with E-state index in [2.05, 4.69) is 0 Å². The second kappa shape index (κ2) is 6.08. The van der Waals surface area contributed by atoms with Gasteiger partial charge in [0.1, 0.15) is 0 Å². The van der Waals surface area contributed by atoms with Crippen LogP contribution in [0.4, 0.5) is 13.2 Å². The Kier molecular flexibility index (Phi) is 4.62. The van der Waals surface area contributed by atoms with Crippen LogP contribution in [-0.2, 0) is 6.18 Å². The molecule has 1 fully saturated rings. The molecule has 20 heavy (non-hydrogen) atoms. The number of hydrogen-bond acceptors (Lipinski definition) is 2. The first-order valence-electron chi connectivity index (χ1n) is 6.49. The third-order valence-corrected chi connectivity index (χ3v) is 4.80. The van der Waals surface area contributed by atoms with Gasteiger partial charge in [0.05, 0.1) is 11.1 Å². The molecule has 0 aromatic heterocycles. The van der Waals surface area contributed by atoms with Crippen molar-refractivity contribution in [2.75, 3.05) is 0 Å². The van der Waals surface area contributed by atoms with Gasteiger partial charge < -0.3 is 5.11 Å². The maximum atomic E-state index is 12.6. The molecule has 110 valence electrons. The van der Waals surface area contributed by atoms with Gasteiger partial charge in [-0.25, -0.2) is 4.79 Å². The number of halogens is 3. The zero-order valence-electron chi connectivity index (χ0n) is 10.7. The first-order chi connectivity index (χ1) is 9.38. The van der Waals surface area contributed by atoms with Crippen molar-refractivity contribution >= 4 is 17.7 Å². The van der Waals surface area contributed by atoms with Gasteiger partial charge in [0.15, 0.2) is 0 Å². The van der Waals surface area contributed by atoms with Gasteiger partial charge in [-0.15, -0.1) is 11.8 Å². The smallest absolute Gasteiger partial charge is 0.416 e. The molecular weight excluding hydrogens is 289 g/mol. The third kappa shape index (κ3) is 3.69. The van der Waals surface area contributed by atoms with Crippen molar-refractivity contribution in [1.29, 1.82) is 0 Å². The highest BCUT2D eigenvalue weighted by molar-refractivity contribution is 8.00. The largest absolute Gasteiger partial charge is 0.478 e. The second-order valence-corrected chi connectivity index (χ2v) is 6.23. The van der Waals surface area contributed by atoms with E-state index in [4.69, 9.17) is 5.11 Å². The fourth-order valence-electron chi connectivity index (χ4n) is 2.34. The number of hydrogen-bond donors (Lipinski definition) is 1. The number of benzene rings is 1. The van der Waals surface area contributed by atoms with Crippen LogP contribution in [0.2, 0.25) is 0 Å². The highest BCUT2D eigenvalue weighted by Crippen LogP contribution is 2.38. The van der Waals surface area contributed by atoms with E-state index in [-0.39, 0.29) is 5.56 Å². The average molecular weight is 304 g/mol. The van der Waals surface area contributed by atoms with Crippen LogP contribution < -0.4 is 0 Å². The Hall–Kier alpha value is -1.17. The molecule has 0 amide bonds. The summed E-state index contributed by atoms with van der Waals surface area (Å²) >= 11 is 1.39. The monoisotopic (exact) mass is 304 g/mol. The fraction of sp³-hybridized carbons (Fsp3) is 0.500.